The average Bonchev–Trinajstić information content (AvgIpc) is 0.721. The van der Waals surface area contributed by atoms with Gasteiger partial charge < -0.3 is 4.90 Å². The highest BCUT2D eigenvalue weighted by molar-refractivity contribution is 6.17. The third-order valence-electron chi connectivity index (χ3n) is 26.2. The second kappa shape index (κ2) is 29.9. The van der Waals surface area contributed by atoms with Crippen LogP contribution in [0.4, 0.5) is 17.1 Å². The molecule has 8 fully saturated rings. The summed E-state index contributed by atoms with van der Waals surface area (Å²) in [5, 5.41) is 5.89. The molecular formula is C91H117N. The van der Waals surface area contributed by atoms with Gasteiger partial charge in [0.05, 0.1) is 5.69 Å². The van der Waals surface area contributed by atoms with Crippen molar-refractivity contribution in [3.8, 4) is 0 Å². The molecule has 0 saturated heterocycles. The van der Waals surface area contributed by atoms with Gasteiger partial charge in [-0.2, -0.15) is 0 Å². The van der Waals surface area contributed by atoms with Crippen LogP contribution >= 0.6 is 0 Å². The summed E-state index contributed by atoms with van der Waals surface area (Å²) >= 11 is 0. The summed E-state index contributed by atoms with van der Waals surface area (Å²) in [5.74, 6) is 5.18. The Morgan fingerprint density at radius 3 is 0.880 bits per heavy atom. The Hall–Kier alpha value is -5.14. The minimum absolute atomic E-state index is 0.0863. The number of benzene rings is 7. The maximum Gasteiger partial charge on any atom is 0.0618 e. The van der Waals surface area contributed by atoms with E-state index in [0.29, 0.717) is 47.3 Å². The van der Waals surface area contributed by atoms with Gasteiger partial charge in [0.2, 0.25) is 0 Å². The Morgan fingerprint density at radius 2 is 0.576 bits per heavy atom. The fourth-order valence-electron chi connectivity index (χ4n) is 20.9. The summed E-state index contributed by atoms with van der Waals surface area (Å²) in [7, 11) is 0. The van der Waals surface area contributed by atoms with Crippen LogP contribution in [-0.2, 0) is 6.42 Å². The SMILES string of the molecule is CCCCc1ccc2c(C(c3cc(C4CCCCC4)cc(C4CCCCC4)c3)c3cc(C4CCCCC4)cc(C4CCCCC4)c3)c3ccccc3c(N(c3cc(C4CCCCC4)cc(C4CCCCC4)c3)c3cc(C4CCCCC4)cc(C4CCCCC4)c3)c2c1. The largest absolute Gasteiger partial charge is 0.309 e. The molecule has 0 amide bonds. The van der Waals surface area contributed by atoms with E-state index in [9.17, 15) is 0 Å². The van der Waals surface area contributed by atoms with Gasteiger partial charge in [-0.3, -0.25) is 0 Å². The molecule has 0 spiro atoms. The van der Waals surface area contributed by atoms with E-state index in [-0.39, 0.29) is 5.92 Å². The van der Waals surface area contributed by atoms with Crippen LogP contribution in [0.5, 0.6) is 0 Å². The minimum atomic E-state index is 0.0863. The minimum Gasteiger partial charge on any atom is -0.309 e. The molecule has 0 radical (unpaired) electrons. The molecule has 0 unspecified atom stereocenters. The van der Waals surface area contributed by atoms with E-state index in [1.807, 2.05) is 0 Å². The zero-order valence-corrected chi connectivity index (χ0v) is 57.5. The molecule has 8 aliphatic rings. The van der Waals surface area contributed by atoms with Crippen LogP contribution in [0, 0.1) is 0 Å². The molecule has 0 aliphatic heterocycles. The number of nitrogens with zero attached hydrogens (tertiary/aromatic N) is 1. The van der Waals surface area contributed by atoms with Crippen molar-refractivity contribution in [3.63, 3.8) is 0 Å². The molecule has 0 heterocycles. The number of rotatable bonds is 17. The molecule has 7 aromatic rings. The Balaban J connectivity index is 1.04. The van der Waals surface area contributed by atoms with Crippen LogP contribution in [0.1, 0.15) is 397 Å². The van der Waals surface area contributed by atoms with E-state index in [1.54, 1.807) is 61.2 Å². The molecule has 0 atom stereocenters. The second-order valence-electron chi connectivity index (χ2n) is 32.3. The van der Waals surface area contributed by atoms with Gasteiger partial charge in [0, 0.05) is 28.1 Å². The number of aryl methyl sites for hydroxylation is 1. The lowest BCUT2D eigenvalue weighted by Gasteiger charge is -2.35. The maximum atomic E-state index is 2.99. The van der Waals surface area contributed by atoms with Crippen molar-refractivity contribution in [1.29, 1.82) is 0 Å². The van der Waals surface area contributed by atoms with Crippen molar-refractivity contribution in [3.05, 3.63) is 182 Å². The number of anilines is 3. The monoisotopic (exact) mass is 1220 g/mol. The van der Waals surface area contributed by atoms with E-state index in [4.69, 9.17) is 0 Å². The normalized spacial score (nSPS) is 21.4. The van der Waals surface area contributed by atoms with E-state index in [2.05, 4.69) is 127 Å². The van der Waals surface area contributed by atoms with E-state index in [1.165, 1.54) is 314 Å². The van der Waals surface area contributed by atoms with Crippen molar-refractivity contribution in [2.45, 2.75) is 336 Å². The number of unbranched alkanes of at least 4 members (excludes halogenated alkanes) is 1. The van der Waals surface area contributed by atoms with Gasteiger partial charge in [-0.05, 0) is 271 Å². The summed E-state index contributed by atoms with van der Waals surface area (Å²) in [6, 6.07) is 52.0. The Labute approximate surface area is 558 Å². The first-order valence-electron chi connectivity index (χ1n) is 39.9. The van der Waals surface area contributed by atoms with Gasteiger partial charge in [-0.25, -0.2) is 0 Å². The quantitative estimate of drug-likeness (QED) is 0.0649. The molecule has 8 aliphatic carbocycles. The van der Waals surface area contributed by atoms with Gasteiger partial charge in [-0.1, -0.05) is 252 Å². The van der Waals surface area contributed by atoms with Gasteiger partial charge >= 0.3 is 0 Å². The third-order valence-corrected chi connectivity index (χ3v) is 26.2. The Kier molecular flexibility index (Phi) is 20.4. The van der Waals surface area contributed by atoms with Crippen LogP contribution in [-0.4, -0.2) is 0 Å². The van der Waals surface area contributed by atoms with Crippen molar-refractivity contribution in [2.24, 2.45) is 0 Å². The van der Waals surface area contributed by atoms with Crippen LogP contribution in [0.3, 0.4) is 0 Å². The maximum absolute atomic E-state index is 2.99. The van der Waals surface area contributed by atoms with Crippen LogP contribution in [0.15, 0.2) is 115 Å². The van der Waals surface area contributed by atoms with Crippen molar-refractivity contribution in [2.75, 3.05) is 4.90 Å². The number of hydrogen-bond donors (Lipinski definition) is 0. The summed E-state index contributed by atoms with van der Waals surface area (Å²) in [4.78, 5) is 2.99. The lowest BCUT2D eigenvalue weighted by molar-refractivity contribution is 0.434. The average molecular weight is 1220 g/mol. The predicted octanol–water partition coefficient (Wildman–Crippen LogP) is 28.4. The fraction of sp³-hybridized carbons (Fsp3) is 0.582. The molecular weight excluding hydrogens is 1110 g/mol. The highest BCUT2D eigenvalue weighted by Gasteiger charge is 2.34. The summed E-state index contributed by atoms with van der Waals surface area (Å²) < 4.78 is 0. The summed E-state index contributed by atoms with van der Waals surface area (Å²) in [6.45, 7) is 2.41. The molecule has 8 saturated carbocycles. The first-order chi connectivity index (χ1) is 45.6. The molecule has 1 heteroatoms. The van der Waals surface area contributed by atoms with Crippen LogP contribution in [0.25, 0.3) is 21.5 Å². The lowest BCUT2D eigenvalue weighted by atomic mass is 9.73. The zero-order valence-electron chi connectivity index (χ0n) is 57.5. The third kappa shape index (κ3) is 13.9. The van der Waals surface area contributed by atoms with Gasteiger partial charge in [-0.15, -0.1) is 0 Å². The van der Waals surface area contributed by atoms with E-state index in [0.717, 1.165) is 6.42 Å². The van der Waals surface area contributed by atoms with Gasteiger partial charge in [0.25, 0.3) is 0 Å². The number of fused-ring (bicyclic) bond motifs is 2. The van der Waals surface area contributed by atoms with E-state index >= 15 is 0 Å². The molecule has 0 aromatic heterocycles. The molecule has 0 N–H and O–H groups in total. The fourth-order valence-corrected chi connectivity index (χ4v) is 20.9. The molecule has 486 valence electrons. The first kappa shape index (κ1) is 62.9. The standard InChI is InChI=1S/C91H117N/c1-2-3-30-64-49-50-86-88(51-64)91(92(83-60-77(69-39-20-8-21-40-69)54-78(61-83)70-41-22-9-23-42-70)84-62-79(71-43-24-10-25-44-71)55-80(63-84)72-45-26-11-27-46-72)87-48-29-28-47-85(87)90(86)89(81-56-73(65-31-12-4-13-32-65)52-74(57-81)66-33-14-5-15-34-66)82-58-75(67-35-16-6-17-36-67)53-76(59-82)68-37-18-7-19-38-68/h28-29,47-63,65-72,89H,2-27,30-46H2,1H3. The lowest BCUT2D eigenvalue weighted by Crippen LogP contribution is -2.17. The first-order valence-corrected chi connectivity index (χ1v) is 39.9. The Bertz CT molecular complexity index is 3250. The molecule has 7 aromatic carbocycles. The summed E-state index contributed by atoms with van der Waals surface area (Å²) in [5.41, 5.74) is 23.8. The molecule has 92 heavy (non-hydrogen) atoms. The molecule has 1 nitrogen and oxygen atoms in total. The van der Waals surface area contributed by atoms with Gasteiger partial charge in [0.1, 0.15) is 0 Å². The van der Waals surface area contributed by atoms with Crippen LogP contribution in [0.2, 0.25) is 0 Å². The molecule has 15 rings (SSSR count). The van der Waals surface area contributed by atoms with Crippen molar-refractivity contribution in [1.82, 2.24) is 0 Å². The topological polar surface area (TPSA) is 3.24 Å². The van der Waals surface area contributed by atoms with Crippen LogP contribution < -0.4 is 4.90 Å². The highest BCUT2D eigenvalue weighted by atomic mass is 15.1. The Morgan fingerprint density at radius 1 is 0.293 bits per heavy atom. The zero-order chi connectivity index (χ0) is 61.6. The van der Waals surface area contributed by atoms with E-state index < -0.39 is 0 Å². The van der Waals surface area contributed by atoms with Gasteiger partial charge in [0.15, 0.2) is 0 Å². The highest BCUT2D eigenvalue weighted by Crippen LogP contribution is 2.55. The smallest absolute Gasteiger partial charge is 0.0618 e. The molecule has 0 bridgehead atoms. The van der Waals surface area contributed by atoms with Crippen molar-refractivity contribution >= 4 is 38.6 Å². The number of hydrogen-bond acceptors (Lipinski definition) is 1. The second-order valence-corrected chi connectivity index (χ2v) is 32.3. The summed E-state index contributed by atoms with van der Waals surface area (Å²) in [6.07, 6.45) is 57.9. The van der Waals surface area contributed by atoms with Crippen molar-refractivity contribution < 1.29 is 0 Å². The predicted molar refractivity (Wildman–Crippen MR) is 395 cm³/mol.